The van der Waals surface area contributed by atoms with Gasteiger partial charge >= 0.3 is 6.18 Å². The number of hydrogen-bond acceptors (Lipinski definition) is 5. The maximum absolute atomic E-state index is 13.3. The summed E-state index contributed by atoms with van der Waals surface area (Å²) in [6, 6.07) is 16.1. The quantitative estimate of drug-likeness (QED) is 0.537. The van der Waals surface area contributed by atoms with Gasteiger partial charge in [0.25, 0.3) is 0 Å². The normalized spacial score (nSPS) is 14.2. The van der Waals surface area contributed by atoms with Crippen molar-refractivity contribution in [3.63, 3.8) is 0 Å². The molecule has 0 bridgehead atoms. The fourth-order valence-electron chi connectivity index (χ4n) is 3.62. The molecule has 1 aliphatic rings. The smallest absolute Gasteiger partial charge is 0.358 e. The lowest BCUT2D eigenvalue weighted by Crippen LogP contribution is -2.47. The first-order valence-electron chi connectivity index (χ1n) is 10.5. The minimum absolute atomic E-state index is 0.0197. The molecule has 0 aliphatic carbocycles. The maximum atomic E-state index is 13.3. The van der Waals surface area contributed by atoms with Crippen LogP contribution >= 0.6 is 12.2 Å². The highest BCUT2D eigenvalue weighted by atomic mass is 32.1. The van der Waals surface area contributed by atoms with E-state index in [9.17, 15) is 13.2 Å². The van der Waals surface area contributed by atoms with Gasteiger partial charge in [-0.1, -0.05) is 30.3 Å². The number of alkyl halides is 3. The van der Waals surface area contributed by atoms with Crippen LogP contribution in [0.1, 0.15) is 11.1 Å². The predicted octanol–water partition coefficient (Wildman–Crippen LogP) is 4.31. The van der Waals surface area contributed by atoms with E-state index in [4.69, 9.17) is 12.2 Å². The molecule has 0 saturated carbocycles. The Morgan fingerprint density at radius 3 is 2.30 bits per heavy atom. The molecule has 1 aromatic carbocycles. The summed E-state index contributed by atoms with van der Waals surface area (Å²) in [5, 5.41) is 6.76. The third-order valence-electron chi connectivity index (χ3n) is 5.30. The summed E-state index contributed by atoms with van der Waals surface area (Å²) < 4.78 is 39.9. The highest BCUT2D eigenvalue weighted by Crippen LogP contribution is 2.35. The molecule has 2 aromatic heterocycles. The van der Waals surface area contributed by atoms with E-state index >= 15 is 0 Å². The van der Waals surface area contributed by atoms with E-state index in [2.05, 4.69) is 20.6 Å². The van der Waals surface area contributed by atoms with Crippen LogP contribution in [0.2, 0.25) is 0 Å². The molecule has 6 nitrogen and oxygen atoms in total. The summed E-state index contributed by atoms with van der Waals surface area (Å²) in [7, 11) is 0. The minimum Gasteiger partial charge on any atom is -0.358 e. The Bertz CT molecular complexity index is 1070. The highest BCUT2D eigenvalue weighted by molar-refractivity contribution is 7.80. The number of hydrogen-bond donors (Lipinski definition) is 2. The second-order valence-electron chi connectivity index (χ2n) is 7.54. The number of nitrogens with zero attached hydrogens (tertiary/aromatic N) is 4. The second kappa shape index (κ2) is 10.0. The van der Waals surface area contributed by atoms with Crippen LogP contribution in [0.15, 0.2) is 67.0 Å². The van der Waals surface area contributed by atoms with Crippen molar-refractivity contribution >= 4 is 34.7 Å². The fraction of sp³-hybridized carbons (Fsp3) is 0.261. The van der Waals surface area contributed by atoms with Crippen LogP contribution in [-0.4, -0.2) is 41.3 Å². The Balaban J connectivity index is 1.30. The fourth-order valence-corrected chi connectivity index (χ4v) is 3.81. The summed E-state index contributed by atoms with van der Waals surface area (Å²) in [5.74, 6) is 0.745. The van der Waals surface area contributed by atoms with Gasteiger partial charge in [0, 0.05) is 38.9 Å². The van der Waals surface area contributed by atoms with Crippen LogP contribution in [0.4, 0.5) is 30.5 Å². The monoisotopic (exact) mass is 472 g/mol. The lowest BCUT2D eigenvalue weighted by Gasteiger charge is -2.36. The van der Waals surface area contributed by atoms with Crippen LogP contribution in [0.5, 0.6) is 0 Å². The predicted molar refractivity (Wildman–Crippen MR) is 127 cm³/mol. The van der Waals surface area contributed by atoms with E-state index in [-0.39, 0.29) is 5.82 Å². The molecule has 4 rings (SSSR count). The number of halogens is 3. The Morgan fingerprint density at radius 1 is 0.909 bits per heavy atom. The van der Waals surface area contributed by atoms with Crippen molar-refractivity contribution in [2.45, 2.75) is 12.7 Å². The van der Waals surface area contributed by atoms with E-state index < -0.39 is 11.7 Å². The minimum atomic E-state index is -4.43. The van der Waals surface area contributed by atoms with Crippen LogP contribution in [-0.2, 0) is 12.7 Å². The lowest BCUT2D eigenvalue weighted by atomic mass is 10.2. The zero-order valence-corrected chi connectivity index (χ0v) is 18.5. The molecule has 1 saturated heterocycles. The van der Waals surface area contributed by atoms with Crippen molar-refractivity contribution in [1.29, 1.82) is 0 Å². The molecule has 2 N–H and O–H groups in total. The van der Waals surface area contributed by atoms with E-state index in [0.717, 1.165) is 23.1 Å². The number of pyridine rings is 2. The van der Waals surface area contributed by atoms with Crippen LogP contribution in [0.25, 0.3) is 0 Å². The van der Waals surface area contributed by atoms with Gasteiger partial charge in [0.1, 0.15) is 11.6 Å². The van der Waals surface area contributed by atoms with Crippen molar-refractivity contribution in [3.05, 3.63) is 78.1 Å². The van der Waals surface area contributed by atoms with Crippen molar-refractivity contribution in [2.24, 2.45) is 0 Å². The van der Waals surface area contributed by atoms with Gasteiger partial charge < -0.3 is 20.4 Å². The zero-order valence-electron chi connectivity index (χ0n) is 17.7. The summed E-state index contributed by atoms with van der Waals surface area (Å²) in [6.07, 6.45) is -1.34. The van der Waals surface area contributed by atoms with E-state index in [1.807, 2.05) is 47.4 Å². The summed E-state index contributed by atoms with van der Waals surface area (Å²) in [5.41, 5.74) is 1.18. The molecule has 0 radical (unpaired) electrons. The van der Waals surface area contributed by atoms with E-state index in [1.54, 1.807) is 11.1 Å². The highest BCUT2D eigenvalue weighted by Gasteiger charge is 2.36. The molecule has 33 heavy (non-hydrogen) atoms. The number of piperazine rings is 1. The Labute approximate surface area is 195 Å². The molecular weight excluding hydrogens is 449 g/mol. The third-order valence-corrected chi connectivity index (χ3v) is 5.54. The maximum Gasteiger partial charge on any atom is 0.419 e. The standard InChI is InChI=1S/C23H23F3N6S/c24-23(25,26)19-7-4-10-27-21(19)32-13-11-31(12-14-32)20-9-8-18(16-28-20)30-22(33)29-15-17-5-2-1-3-6-17/h1-10,16H,11-15H2,(H2,29,30,33). The van der Waals surface area contributed by atoms with Gasteiger partial charge in [-0.2, -0.15) is 13.2 Å². The Kier molecular flexibility index (Phi) is 6.93. The number of benzene rings is 1. The van der Waals surface area contributed by atoms with Gasteiger partial charge in [0.15, 0.2) is 5.11 Å². The summed E-state index contributed by atoms with van der Waals surface area (Å²) >= 11 is 5.34. The molecule has 10 heteroatoms. The Morgan fingerprint density at radius 2 is 1.64 bits per heavy atom. The molecular formula is C23H23F3N6S. The van der Waals surface area contributed by atoms with Gasteiger partial charge in [-0.3, -0.25) is 0 Å². The number of thiocarbonyl (C=S) groups is 1. The molecule has 3 aromatic rings. The van der Waals surface area contributed by atoms with Crippen molar-refractivity contribution in [3.8, 4) is 0 Å². The molecule has 1 fully saturated rings. The van der Waals surface area contributed by atoms with Gasteiger partial charge in [-0.15, -0.1) is 0 Å². The molecule has 0 atom stereocenters. The SMILES string of the molecule is FC(F)(F)c1cccnc1N1CCN(c2ccc(NC(=S)NCc3ccccc3)cn2)CC1. The van der Waals surface area contributed by atoms with Crippen LogP contribution in [0, 0.1) is 0 Å². The van der Waals surface area contributed by atoms with Crippen LogP contribution < -0.4 is 20.4 Å². The number of rotatable bonds is 5. The van der Waals surface area contributed by atoms with E-state index in [1.165, 1.54) is 12.3 Å². The van der Waals surface area contributed by atoms with Gasteiger partial charge in [0.2, 0.25) is 0 Å². The first-order chi connectivity index (χ1) is 15.9. The molecule has 0 amide bonds. The average Bonchev–Trinajstić information content (AvgIpc) is 2.83. The summed E-state index contributed by atoms with van der Waals surface area (Å²) in [6.45, 7) is 2.56. The Hall–Kier alpha value is -3.40. The van der Waals surface area contributed by atoms with Gasteiger partial charge in [-0.05, 0) is 42.0 Å². The van der Waals surface area contributed by atoms with Gasteiger partial charge in [0.05, 0.1) is 17.4 Å². The largest absolute Gasteiger partial charge is 0.419 e. The lowest BCUT2D eigenvalue weighted by molar-refractivity contribution is -0.137. The molecule has 0 spiro atoms. The van der Waals surface area contributed by atoms with Crippen molar-refractivity contribution in [1.82, 2.24) is 15.3 Å². The zero-order chi connectivity index (χ0) is 23.3. The van der Waals surface area contributed by atoms with Crippen molar-refractivity contribution < 1.29 is 13.2 Å². The molecule has 0 unspecified atom stereocenters. The average molecular weight is 473 g/mol. The second-order valence-corrected chi connectivity index (χ2v) is 7.95. The summed E-state index contributed by atoms with van der Waals surface area (Å²) in [4.78, 5) is 12.2. The van der Waals surface area contributed by atoms with Crippen LogP contribution in [0.3, 0.4) is 0 Å². The number of anilines is 3. The van der Waals surface area contributed by atoms with Crippen molar-refractivity contribution in [2.75, 3.05) is 41.3 Å². The number of nitrogens with one attached hydrogen (secondary N) is 2. The first kappa shape index (κ1) is 22.8. The number of aromatic nitrogens is 2. The molecule has 172 valence electrons. The molecule has 1 aliphatic heterocycles. The molecule has 3 heterocycles. The van der Waals surface area contributed by atoms with E-state index in [0.29, 0.717) is 37.8 Å². The topological polar surface area (TPSA) is 56.3 Å². The third kappa shape index (κ3) is 5.89. The van der Waals surface area contributed by atoms with Gasteiger partial charge in [-0.25, -0.2) is 9.97 Å². The first-order valence-corrected chi connectivity index (χ1v) is 10.9.